The highest BCUT2D eigenvalue weighted by atomic mass is 127. The van der Waals surface area contributed by atoms with Gasteiger partial charge in [0.1, 0.15) is 0 Å². The second-order valence-corrected chi connectivity index (χ2v) is 7.32. The van der Waals surface area contributed by atoms with Crippen LogP contribution in [0.4, 0.5) is 5.69 Å². The molecule has 0 atom stereocenters. The fourth-order valence-corrected chi connectivity index (χ4v) is 3.63. The van der Waals surface area contributed by atoms with Crippen LogP contribution in [-0.4, -0.2) is 41.4 Å². The predicted molar refractivity (Wildman–Crippen MR) is 112 cm³/mol. The summed E-state index contributed by atoms with van der Waals surface area (Å²) in [5.41, 5.74) is 7.99. The summed E-state index contributed by atoms with van der Waals surface area (Å²) in [6.45, 7) is 2.48. The molecule has 2 aliphatic rings. The van der Waals surface area contributed by atoms with Crippen LogP contribution in [0.1, 0.15) is 24.8 Å². The average molecular weight is 460 g/mol. The highest BCUT2D eigenvalue weighted by molar-refractivity contribution is 14.0. The third-order valence-corrected chi connectivity index (χ3v) is 5.37. The van der Waals surface area contributed by atoms with Crippen molar-refractivity contribution in [3.05, 3.63) is 29.8 Å². The van der Waals surface area contributed by atoms with Gasteiger partial charge in [-0.05, 0) is 30.5 Å². The number of halogens is 1. The second kappa shape index (κ2) is 9.50. The lowest BCUT2D eigenvalue weighted by molar-refractivity contribution is -0.122. The van der Waals surface area contributed by atoms with Gasteiger partial charge in [-0.2, -0.15) is 11.8 Å². The zero-order valence-corrected chi connectivity index (χ0v) is 16.9. The zero-order chi connectivity index (χ0) is 16.1. The minimum Gasteiger partial charge on any atom is -0.370 e. The third kappa shape index (κ3) is 5.27. The number of thioether (sulfide) groups is 1. The maximum absolute atomic E-state index is 12.0. The van der Waals surface area contributed by atoms with E-state index in [2.05, 4.69) is 15.2 Å². The number of amides is 1. The first-order valence-electron chi connectivity index (χ1n) is 8.25. The number of hydrogen-bond acceptors (Lipinski definition) is 3. The topological polar surface area (TPSA) is 70.7 Å². The first kappa shape index (κ1) is 19.4. The van der Waals surface area contributed by atoms with Gasteiger partial charge in [0.15, 0.2) is 5.96 Å². The minimum atomic E-state index is 0. The van der Waals surface area contributed by atoms with E-state index in [1.165, 1.54) is 6.42 Å². The van der Waals surface area contributed by atoms with Crippen molar-refractivity contribution >= 4 is 53.3 Å². The Hall–Kier alpha value is -0.960. The molecule has 0 aromatic heterocycles. The van der Waals surface area contributed by atoms with E-state index in [1.807, 2.05) is 36.0 Å². The van der Waals surface area contributed by atoms with Crippen LogP contribution in [0.25, 0.3) is 0 Å². The van der Waals surface area contributed by atoms with E-state index < -0.39 is 0 Å². The molecule has 0 bridgehead atoms. The maximum Gasteiger partial charge on any atom is 0.227 e. The number of aliphatic imine (C=N–C) groups is 1. The second-order valence-electron chi connectivity index (χ2n) is 6.09. The number of benzene rings is 1. The van der Waals surface area contributed by atoms with Crippen LogP contribution in [0.5, 0.6) is 0 Å². The summed E-state index contributed by atoms with van der Waals surface area (Å²) in [7, 11) is 0. The predicted octanol–water partition coefficient (Wildman–Crippen LogP) is 2.91. The molecule has 1 amide bonds. The lowest BCUT2D eigenvalue weighted by Gasteiger charge is -2.27. The number of carbonyl (C=O) groups excluding carboxylic acids is 1. The van der Waals surface area contributed by atoms with Gasteiger partial charge in [-0.15, -0.1) is 24.0 Å². The molecule has 3 rings (SSSR count). The molecule has 2 fully saturated rings. The van der Waals surface area contributed by atoms with Crippen LogP contribution in [0.15, 0.2) is 29.3 Å². The van der Waals surface area contributed by atoms with Crippen LogP contribution in [0.2, 0.25) is 0 Å². The van der Waals surface area contributed by atoms with Crippen molar-refractivity contribution in [2.24, 2.45) is 16.6 Å². The largest absolute Gasteiger partial charge is 0.370 e. The van der Waals surface area contributed by atoms with Crippen molar-refractivity contribution in [1.29, 1.82) is 0 Å². The molecule has 24 heavy (non-hydrogen) atoms. The Kier molecular flexibility index (Phi) is 7.67. The fourth-order valence-electron chi connectivity index (χ4n) is 2.73. The monoisotopic (exact) mass is 460 g/mol. The van der Waals surface area contributed by atoms with Crippen molar-refractivity contribution in [2.75, 3.05) is 29.9 Å². The Morgan fingerprint density at radius 1 is 1.33 bits per heavy atom. The molecule has 1 saturated heterocycles. The Labute approximate surface area is 164 Å². The van der Waals surface area contributed by atoms with Gasteiger partial charge in [-0.25, -0.2) is 4.99 Å². The van der Waals surface area contributed by atoms with E-state index in [-0.39, 0.29) is 35.8 Å². The van der Waals surface area contributed by atoms with E-state index in [4.69, 9.17) is 5.73 Å². The summed E-state index contributed by atoms with van der Waals surface area (Å²) in [4.78, 5) is 18.6. The van der Waals surface area contributed by atoms with Crippen molar-refractivity contribution in [1.82, 2.24) is 4.90 Å². The molecular formula is C17H25IN4OS. The van der Waals surface area contributed by atoms with Crippen LogP contribution >= 0.6 is 35.7 Å². The Bertz CT molecular complexity index is 586. The van der Waals surface area contributed by atoms with Crippen LogP contribution < -0.4 is 11.1 Å². The number of anilines is 1. The molecule has 1 saturated carbocycles. The van der Waals surface area contributed by atoms with Crippen molar-refractivity contribution < 1.29 is 4.79 Å². The molecule has 3 N–H and O–H groups in total. The van der Waals surface area contributed by atoms with Gasteiger partial charge in [0, 0.05) is 36.2 Å². The van der Waals surface area contributed by atoms with E-state index in [0.717, 1.165) is 48.7 Å². The SMILES string of the molecule is I.NC(=NCc1cccc(NC(=O)C2CCC2)c1)N1CCSCC1. The first-order valence-corrected chi connectivity index (χ1v) is 9.40. The van der Waals surface area contributed by atoms with Gasteiger partial charge in [0.05, 0.1) is 6.54 Å². The van der Waals surface area contributed by atoms with Crippen molar-refractivity contribution in [3.8, 4) is 0 Å². The van der Waals surface area contributed by atoms with Gasteiger partial charge in [-0.3, -0.25) is 4.79 Å². The van der Waals surface area contributed by atoms with Gasteiger partial charge < -0.3 is 16.0 Å². The summed E-state index contributed by atoms with van der Waals surface area (Å²) in [6, 6.07) is 7.88. The van der Waals surface area contributed by atoms with Crippen LogP contribution in [-0.2, 0) is 11.3 Å². The Balaban J connectivity index is 0.00000208. The molecular weight excluding hydrogens is 435 g/mol. The zero-order valence-electron chi connectivity index (χ0n) is 13.7. The molecule has 0 spiro atoms. The van der Waals surface area contributed by atoms with Gasteiger partial charge in [-0.1, -0.05) is 18.6 Å². The standard InChI is InChI=1S/C17H24N4OS.HI/c18-17(21-7-9-23-10-8-21)19-12-13-3-1-6-15(11-13)20-16(22)14-4-2-5-14;/h1,3,6,11,14H,2,4-5,7-10,12H2,(H2,18,19)(H,20,22);1H. The van der Waals surface area contributed by atoms with E-state index in [1.54, 1.807) is 0 Å². The number of nitrogens with zero attached hydrogens (tertiary/aromatic N) is 2. The lowest BCUT2D eigenvalue weighted by Crippen LogP contribution is -2.42. The number of nitrogens with one attached hydrogen (secondary N) is 1. The number of rotatable bonds is 4. The summed E-state index contributed by atoms with van der Waals surface area (Å²) >= 11 is 1.95. The third-order valence-electron chi connectivity index (χ3n) is 4.43. The van der Waals surface area contributed by atoms with Crippen LogP contribution in [0, 0.1) is 5.92 Å². The molecule has 1 aromatic carbocycles. The molecule has 7 heteroatoms. The number of hydrogen-bond donors (Lipinski definition) is 2. The van der Waals surface area contributed by atoms with Gasteiger partial charge in [0.2, 0.25) is 5.91 Å². The van der Waals surface area contributed by atoms with E-state index in [9.17, 15) is 4.79 Å². The summed E-state index contributed by atoms with van der Waals surface area (Å²) in [6.07, 6.45) is 3.20. The molecule has 1 aliphatic heterocycles. The number of nitrogens with two attached hydrogens (primary N) is 1. The molecule has 5 nitrogen and oxygen atoms in total. The Morgan fingerprint density at radius 2 is 2.08 bits per heavy atom. The molecule has 1 aliphatic carbocycles. The highest BCUT2D eigenvalue weighted by Crippen LogP contribution is 2.27. The summed E-state index contributed by atoms with van der Waals surface area (Å²) < 4.78 is 0. The van der Waals surface area contributed by atoms with Crippen molar-refractivity contribution in [2.45, 2.75) is 25.8 Å². The van der Waals surface area contributed by atoms with E-state index in [0.29, 0.717) is 12.5 Å². The number of guanidine groups is 1. The van der Waals surface area contributed by atoms with Crippen molar-refractivity contribution in [3.63, 3.8) is 0 Å². The van der Waals surface area contributed by atoms with Gasteiger partial charge in [0.25, 0.3) is 0 Å². The van der Waals surface area contributed by atoms with Crippen LogP contribution in [0.3, 0.4) is 0 Å². The molecule has 0 radical (unpaired) electrons. The maximum atomic E-state index is 12.0. The normalized spacial score (nSPS) is 18.5. The smallest absolute Gasteiger partial charge is 0.227 e. The lowest BCUT2D eigenvalue weighted by atomic mass is 9.85. The number of carbonyl (C=O) groups is 1. The quantitative estimate of drug-likeness (QED) is 0.412. The molecule has 0 unspecified atom stereocenters. The van der Waals surface area contributed by atoms with E-state index >= 15 is 0 Å². The Morgan fingerprint density at radius 3 is 2.75 bits per heavy atom. The molecule has 1 aromatic rings. The first-order chi connectivity index (χ1) is 11.2. The van der Waals surface area contributed by atoms with Gasteiger partial charge >= 0.3 is 0 Å². The molecule has 1 heterocycles. The average Bonchev–Trinajstić information content (AvgIpc) is 2.52. The summed E-state index contributed by atoms with van der Waals surface area (Å²) in [5, 5.41) is 3.00. The fraction of sp³-hybridized carbons (Fsp3) is 0.529. The summed E-state index contributed by atoms with van der Waals surface area (Å²) in [5.74, 6) is 3.18. The molecule has 132 valence electrons. The minimum absolute atomic E-state index is 0. The highest BCUT2D eigenvalue weighted by Gasteiger charge is 2.25.